The first-order chi connectivity index (χ1) is 10.8. The molecule has 0 radical (unpaired) electrons. The first-order valence-electron chi connectivity index (χ1n) is 10.2. The molecule has 0 bridgehead atoms. The largest absolute Gasteiger partial charge is 0.0964 e. The van der Waals surface area contributed by atoms with Crippen molar-refractivity contribution >= 4 is 18.5 Å². The van der Waals surface area contributed by atoms with Crippen LogP contribution in [0.4, 0.5) is 0 Å². The van der Waals surface area contributed by atoms with Crippen molar-refractivity contribution in [3.05, 3.63) is 0 Å². The average molecular weight is 349 g/mol. The quantitative estimate of drug-likeness (QED) is 0.171. The Morgan fingerprint density at radius 1 is 0.455 bits per heavy atom. The zero-order chi connectivity index (χ0) is 16.3. The third kappa shape index (κ3) is 18.8. The molecule has 0 nitrogen and oxygen atoms in total. The number of halogens is 1. The molecule has 0 rings (SSSR count). The Morgan fingerprint density at radius 2 is 0.773 bits per heavy atom. The van der Waals surface area contributed by atoms with Crippen LogP contribution in [0, 0.1) is 0 Å². The van der Waals surface area contributed by atoms with Crippen molar-refractivity contribution in [3.8, 4) is 0 Å². The second-order valence-corrected chi connectivity index (χ2v) is 10.1. The van der Waals surface area contributed by atoms with E-state index in [1.807, 2.05) is 0 Å². The van der Waals surface area contributed by atoms with Gasteiger partial charge in [0, 0.05) is 0 Å². The summed E-state index contributed by atoms with van der Waals surface area (Å²) in [4.78, 5) is 0. The highest BCUT2D eigenvalue weighted by Gasteiger charge is 2.02. The standard InChI is InChI=1S/C20H42ClP/c1-3-5-7-8-9-10-11-12-13-14-15-16-17-18-20-22(21)19-6-4-2/h3-20H2,1-2H3. The molecule has 0 spiro atoms. The van der Waals surface area contributed by atoms with E-state index in [0.29, 0.717) is 0 Å². The predicted molar refractivity (Wildman–Crippen MR) is 108 cm³/mol. The number of hydrogen-bond donors (Lipinski definition) is 0. The smallest absolute Gasteiger partial charge is 0.00973 e. The first-order valence-corrected chi connectivity index (χ1v) is 12.8. The number of rotatable bonds is 18. The van der Waals surface area contributed by atoms with Gasteiger partial charge in [-0.2, -0.15) is 0 Å². The van der Waals surface area contributed by atoms with Crippen LogP contribution in [0.3, 0.4) is 0 Å². The topological polar surface area (TPSA) is 0 Å². The molecule has 22 heavy (non-hydrogen) atoms. The number of hydrogen-bond acceptors (Lipinski definition) is 0. The minimum Gasteiger partial charge on any atom is -0.0964 e. The van der Waals surface area contributed by atoms with Crippen LogP contribution in [0.15, 0.2) is 0 Å². The fourth-order valence-electron chi connectivity index (χ4n) is 2.92. The van der Waals surface area contributed by atoms with Crippen LogP contribution >= 0.6 is 18.5 Å². The summed E-state index contributed by atoms with van der Waals surface area (Å²) in [5, 5.41) is 0. The Labute approximate surface area is 147 Å². The van der Waals surface area contributed by atoms with Crippen molar-refractivity contribution in [1.82, 2.24) is 0 Å². The summed E-state index contributed by atoms with van der Waals surface area (Å²) in [5.74, 6) is 0. The molecule has 0 fully saturated rings. The van der Waals surface area contributed by atoms with Crippen LogP contribution in [0.5, 0.6) is 0 Å². The maximum absolute atomic E-state index is 6.38. The van der Waals surface area contributed by atoms with E-state index in [1.165, 1.54) is 115 Å². The summed E-state index contributed by atoms with van der Waals surface area (Å²) in [6, 6.07) is 0. The monoisotopic (exact) mass is 348 g/mol. The van der Waals surface area contributed by atoms with Gasteiger partial charge in [-0.3, -0.25) is 0 Å². The van der Waals surface area contributed by atoms with E-state index in [2.05, 4.69) is 13.8 Å². The molecule has 0 N–H and O–H groups in total. The molecule has 0 heterocycles. The Hall–Kier alpha value is 0.720. The second kappa shape index (κ2) is 19.8. The van der Waals surface area contributed by atoms with Gasteiger partial charge in [0.15, 0.2) is 0 Å². The van der Waals surface area contributed by atoms with Crippen molar-refractivity contribution in [2.24, 2.45) is 0 Å². The van der Waals surface area contributed by atoms with E-state index >= 15 is 0 Å². The molecule has 0 saturated heterocycles. The highest BCUT2D eigenvalue weighted by molar-refractivity contribution is 7.83. The summed E-state index contributed by atoms with van der Waals surface area (Å²) < 4.78 is 0. The van der Waals surface area contributed by atoms with E-state index < -0.39 is 0 Å². The highest BCUT2D eigenvalue weighted by Crippen LogP contribution is 2.42. The lowest BCUT2D eigenvalue weighted by molar-refractivity contribution is 0.538. The van der Waals surface area contributed by atoms with Gasteiger partial charge in [0.25, 0.3) is 0 Å². The van der Waals surface area contributed by atoms with Crippen LogP contribution < -0.4 is 0 Å². The molecule has 0 aliphatic carbocycles. The maximum Gasteiger partial charge on any atom is -0.00973 e. The van der Waals surface area contributed by atoms with Gasteiger partial charge in [-0.15, -0.1) is 0 Å². The maximum atomic E-state index is 6.38. The van der Waals surface area contributed by atoms with Gasteiger partial charge >= 0.3 is 0 Å². The Kier molecular flexibility index (Phi) is 20.4. The van der Waals surface area contributed by atoms with Crippen molar-refractivity contribution in [1.29, 1.82) is 0 Å². The van der Waals surface area contributed by atoms with Crippen LogP contribution in [0.25, 0.3) is 0 Å². The third-order valence-electron chi connectivity index (χ3n) is 4.51. The molecule has 0 aromatic heterocycles. The Morgan fingerprint density at radius 3 is 1.18 bits per heavy atom. The lowest BCUT2D eigenvalue weighted by Crippen LogP contribution is -1.87. The molecular weight excluding hydrogens is 307 g/mol. The van der Waals surface area contributed by atoms with Crippen molar-refractivity contribution in [2.45, 2.75) is 117 Å². The third-order valence-corrected chi connectivity index (χ3v) is 7.13. The van der Waals surface area contributed by atoms with Crippen LogP contribution in [0.1, 0.15) is 117 Å². The lowest BCUT2D eigenvalue weighted by Gasteiger charge is -2.08. The molecule has 1 atom stereocenters. The van der Waals surface area contributed by atoms with Crippen LogP contribution in [0.2, 0.25) is 0 Å². The van der Waals surface area contributed by atoms with Gasteiger partial charge in [0.1, 0.15) is 0 Å². The minimum absolute atomic E-state index is 0.155. The molecule has 2 heteroatoms. The molecule has 0 amide bonds. The van der Waals surface area contributed by atoms with Gasteiger partial charge < -0.3 is 0 Å². The number of unbranched alkanes of at least 4 members (excludes halogenated alkanes) is 14. The van der Waals surface area contributed by atoms with E-state index in [9.17, 15) is 0 Å². The van der Waals surface area contributed by atoms with Gasteiger partial charge in [-0.1, -0.05) is 115 Å². The molecule has 0 aromatic rings. The van der Waals surface area contributed by atoms with Gasteiger partial charge in [0.2, 0.25) is 0 Å². The average Bonchev–Trinajstić information content (AvgIpc) is 2.53. The summed E-state index contributed by atoms with van der Waals surface area (Å²) in [5.41, 5.74) is 0. The van der Waals surface area contributed by atoms with Crippen molar-refractivity contribution in [2.75, 3.05) is 12.3 Å². The lowest BCUT2D eigenvalue weighted by atomic mass is 10.0. The first kappa shape index (κ1) is 22.7. The highest BCUT2D eigenvalue weighted by atomic mass is 35.7. The van der Waals surface area contributed by atoms with Gasteiger partial charge in [-0.05, 0) is 32.4 Å². The molecule has 1 unspecified atom stereocenters. The molecule has 0 aliphatic rings. The zero-order valence-corrected chi connectivity index (χ0v) is 17.2. The van der Waals surface area contributed by atoms with Crippen LogP contribution in [-0.4, -0.2) is 12.3 Å². The van der Waals surface area contributed by atoms with Crippen molar-refractivity contribution in [3.63, 3.8) is 0 Å². The zero-order valence-electron chi connectivity index (χ0n) is 15.6. The van der Waals surface area contributed by atoms with E-state index in [4.69, 9.17) is 11.2 Å². The van der Waals surface area contributed by atoms with Gasteiger partial charge in [0.05, 0.1) is 0 Å². The SMILES string of the molecule is CCCCCCCCCCCCCCCCP(Cl)CCCC. The fraction of sp³-hybridized carbons (Fsp3) is 1.00. The Bertz CT molecular complexity index is 196. The Balaban J connectivity index is 3.02. The van der Waals surface area contributed by atoms with E-state index in [0.717, 1.165) is 0 Å². The minimum atomic E-state index is -0.155. The molecule has 134 valence electrons. The molecular formula is C20H42ClP. The molecule has 0 aromatic carbocycles. The normalized spacial score (nSPS) is 12.7. The second-order valence-electron chi connectivity index (χ2n) is 6.86. The van der Waals surface area contributed by atoms with Crippen LogP contribution in [-0.2, 0) is 0 Å². The van der Waals surface area contributed by atoms with Gasteiger partial charge in [-0.25, -0.2) is 0 Å². The van der Waals surface area contributed by atoms with Crippen molar-refractivity contribution < 1.29 is 0 Å². The van der Waals surface area contributed by atoms with E-state index in [1.54, 1.807) is 0 Å². The summed E-state index contributed by atoms with van der Waals surface area (Å²) in [6.07, 6.45) is 25.4. The predicted octanol–water partition coefficient (Wildman–Crippen LogP) is 8.90. The molecule has 0 aliphatic heterocycles. The summed E-state index contributed by atoms with van der Waals surface area (Å²) in [7, 11) is -0.155. The molecule has 0 saturated carbocycles. The fourth-order valence-corrected chi connectivity index (χ4v) is 5.09. The van der Waals surface area contributed by atoms with E-state index in [-0.39, 0.29) is 7.27 Å². The summed E-state index contributed by atoms with van der Waals surface area (Å²) in [6.45, 7) is 4.55. The summed E-state index contributed by atoms with van der Waals surface area (Å²) >= 11 is 6.38.